The lowest BCUT2D eigenvalue weighted by Crippen LogP contribution is -2.60. The normalized spacial score (nSPS) is 22.0. The topological polar surface area (TPSA) is 186 Å². The quantitative estimate of drug-likeness (QED) is 0.0301. The highest BCUT2D eigenvalue weighted by Gasteiger charge is 2.46. The van der Waals surface area contributed by atoms with Crippen LogP contribution in [0, 0.1) is 0 Å². The van der Waals surface area contributed by atoms with Gasteiger partial charge in [0.05, 0.1) is 6.61 Å². The average molecular weight is 745 g/mol. The highest BCUT2D eigenvalue weighted by Crippen LogP contribution is 2.24. The van der Waals surface area contributed by atoms with Crippen molar-refractivity contribution in [2.75, 3.05) is 19.0 Å². The number of ether oxygens (including phenoxy) is 4. The maximum atomic E-state index is 12.7. The molecule has 0 aliphatic carbocycles. The summed E-state index contributed by atoms with van der Waals surface area (Å²) in [6.07, 6.45) is 21.8. The molecule has 6 atom stereocenters. The van der Waals surface area contributed by atoms with Gasteiger partial charge in [0, 0.05) is 12.8 Å². The summed E-state index contributed by atoms with van der Waals surface area (Å²) < 4.78 is 53.7. The highest BCUT2D eigenvalue weighted by molar-refractivity contribution is 7.85. The zero-order valence-corrected chi connectivity index (χ0v) is 31.5. The first-order valence-corrected chi connectivity index (χ1v) is 20.4. The van der Waals surface area contributed by atoms with Gasteiger partial charge in [-0.25, -0.2) is 0 Å². The largest absolute Gasteiger partial charge is 0.462 e. The standard InChI is InChI=1S/C38H64O12S/c1-3-5-7-9-11-13-15-16-17-19-21-23-25-27-34(40)49-31(28-47-33(39)26-24-22-20-18-14-12-10-8-6-4-2)29-48-38-37(43)36(42)35(41)32(50-38)30-51(44,45)46/h5,7,9,11,13,15-17,31-32,35-38,41-43H,3-4,6,8,10,12,14,18-30H2,1-2H3,(H,44,45,46)/b7-5+,11-9+,15-13+,17-16+/t31?,32-,35-,36?,37?,38+/m1/s1. The number of unbranched alkanes of at least 4 members (excludes halogenated alkanes) is 12. The summed E-state index contributed by atoms with van der Waals surface area (Å²) in [5.74, 6) is -2.04. The Morgan fingerprint density at radius 1 is 0.686 bits per heavy atom. The third-order valence-corrected chi connectivity index (χ3v) is 9.02. The summed E-state index contributed by atoms with van der Waals surface area (Å²) in [7, 11) is -4.60. The Balaban J connectivity index is 2.59. The Hall–Kier alpha value is -2.39. The summed E-state index contributed by atoms with van der Waals surface area (Å²) in [5, 5.41) is 30.7. The average Bonchev–Trinajstić information content (AvgIpc) is 3.09. The summed E-state index contributed by atoms with van der Waals surface area (Å²) in [4.78, 5) is 25.2. The molecule has 12 nitrogen and oxygen atoms in total. The van der Waals surface area contributed by atoms with E-state index < -0.39 is 71.2 Å². The van der Waals surface area contributed by atoms with Gasteiger partial charge < -0.3 is 34.3 Å². The second-order valence-corrected chi connectivity index (χ2v) is 14.5. The number of carbonyl (C=O) groups excluding carboxylic acids is 2. The summed E-state index contributed by atoms with van der Waals surface area (Å²) in [6, 6.07) is 0. The van der Waals surface area contributed by atoms with E-state index in [9.17, 15) is 37.9 Å². The van der Waals surface area contributed by atoms with E-state index in [4.69, 9.17) is 18.9 Å². The van der Waals surface area contributed by atoms with Crippen molar-refractivity contribution >= 4 is 22.1 Å². The molecule has 4 N–H and O–H groups in total. The Morgan fingerprint density at radius 3 is 1.84 bits per heavy atom. The monoisotopic (exact) mass is 744 g/mol. The van der Waals surface area contributed by atoms with E-state index in [-0.39, 0.29) is 19.4 Å². The first kappa shape index (κ1) is 46.6. The van der Waals surface area contributed by atoms with Gasteiger partial charge in [-0.05, 0) is 32.1 Å². The molecule has 1 aliphatic rings. The van der Waals surface area contributed by atoms with Crippen LogP contribution in [0.3, 0.4) is 0 Å². The number of aliphatic hydroxyl groups excluding tert-OH is 3. The van der Waals surface area contributed by atoms with Crippen LogP contribution in [-0.4, -0.2) is 96.0 Å². The summed E-state index contributed by atoms with van der Waals surface area (Å²) in [5.41, 5.74) is 0. The van der Waals surface area contributed by atoms with E-state index in [0.29, 0.717) is 12.8 Å². The Labute approximate surface area is 305 Å². The molecule has 3 unspecified atom stereocenters. The van der Waals surface area contributed by atoms with E-state index in [1.165, 1.54) is 38.5 Å². The molecule has 0 radical (unpaired) electrons. The summed E-state index contributed by atoms with van der Waals surface area (Å²) >= 11 is 0. The molecule has 1 aliphatic heterocycles. The molecular weight excluding hydrogens is 680 g/mol. The van der Waals surface area contributed by atoms with Crippen molar-refractivity contribution in [1.82, 2.24) is 0 Å². The van der Waals surface area contributed by atoms with E-state index >= 15 is 0 Å². The number of esters is 2. The van der Waals surface area contributed by atoms with Crippen molar-refractivity contribution in [3.8, 4) is 0 Å². The van der Waals surface area contributed by atoms with Gasteiger partial charge >= 0.3 is 11.9 Å². The van der Waals surface area contributed by atoms with E-state index in [1.807, 2.05) is 36.5 Å². The smallest absolute Gasteiger partial charge is 0.306 e. The SMILES string of the molecule is CC/C=C/C=C/C=C/C=C/CCCCCC(=O)OC(COC(=O)CCCCCCCCCCCC)CO[C@H]1O[C@H](CS(=O)(=O)O)[C@@H](O)C(O)C1O. The minimum Gasteiger partial charge on any atom is -0.462 e. The minimum absolute atomic E-state index is 0.118. The molecule has 0 amide bonds. The fraction of sp³-hybridized carbons (Fsp3) is 0.737. The number of aliphatic hydroxyl groups is 3. The Bertz CT molecular complexity index is 1150. The van der Waals surface area contributed by atoms with Crippen molar-refractivity contribution in [2.45, 2.75) is 160 Å². The van der Waals surface area contributed by atoms with Crippen LogP contribution in [0.15, 0.2) is 48.6 Å². The third kappa shape index (κ3) is 24.5. The zero-order chi connectivity index (χ0) is 37.7. The molecule has 1 rings (SSSR count). The van der Waals surface area contributed by atoms with Crippen molar-refractivity contribution in [2.24, 2.45) is 0 Å². The predicted octanol–water partition coefficient (Wildman–Crippen LogP) is 6.05. The van der Waals surface area contributed by atoms with Crippen LogP contribution in [0.2, 0.25) is 0 Å². The van der Waals surface area contributed by atoms with Crippen LogP contribution in [0.5, 0.6) is 0 Å². The van der Waals surface area contributed by atoms with Gasteiger partial charge in [-0.2, -0.15) is 8.42 Å². The molecule has 0 bridgehead atoms. The van der Waals surface area contributed by atoms with Crippen molar-refractivity contribution in [3.05, 3.63) is 48.6 Å². The number of carbonyl (C=O) groups is 2. The molecule has 1 fully saturated rings. The number of allylic oxidation sites excluding steroid dienone is 8. The van der Waals surface area contributed by atoms with Gasteiger partial charge in [-0.1, -0.05) is 127 Å². The summed E-state index contributed by atoms with van der Waals surface area (Å²) in [6.45, 7) is 3.52. The molecular formula is C38H64O12S. The molecule has 0 aromatic rings. The van der Waals surface area contributed by atoms with Crippen LogP contribution < -0.4 is 0 Å². The van der Waals surface area contributed by atoms with Gasteiger partial charge in [-0.3, -0.25) is 14.1 Å². The molecule has 13 heteroatoms. The molecule has 1 saturated heterocycles. The van der Waals surface area contributed by atoms with E-state index in [0.717, 1.165) is 44.9 Å². The zero-order valence-electron chi connectivity index (χ0n) is 30.7. The van der Waals surface area contributed by atoms with Crippen LogP contribution >= 0.6 is 0 Å². The van der Waals surface area contributed by atoms with Crippen LogP contribution in [-0.2, 0) is 38.7 Å². The lowest BCUT2D eigenvalue weighted by molar-refractivity contribution is -0.297. The minimum atomic E-state index is -4.60. The van der Waals surface area contributed by atoms with Crippen LogP contribution in [0.1, 0.15) is 123 Å². The lowest BCUT2D eigenvalue weighted by Gasteiger charge is -2.40. The van der Waals surface area contributed by atoms with Crippen molar-refractivity contribution in [1.29, 1.82) is 0 Å². The first-order chi connectivity index (χ1) is 24.5. The maximum absolute atomic E-state index is 12.7. The van der Waals surface area contributed by atoms with Gasteiger partial charge in [-0.15, -0.1) is 0 Å². The van der Waals surface area contributed by atoms with E-state index in [1.54, 1.807) is 0 Å². The van der Waals surface area contributed by atoms with Crippen molar-refractivity contribution in [3.63, 3.8) is 0 Å². The van der Waals surface area contributed by atoms with Gasteiger partial charge in [0.1, 0.15) is 36.8 Å². The second-order valence-electron chi connectivity index (χ2n) is 13.0. The maximum Gasteiger partial charge on any atom is 0.306 e. The fourth-order valence-electron chi connectivity index (χ4n) is 5.33. The molecule has 0 aromatic heterocycles. The number of hydrogen-bond acceptors (Lipinski definition) is 11. The number of rotatable bonds is 29. The number of hydrogen-bond donors (Lipinski definition) is 4. The second kappa shape index (κ2) is 29.1. The van der Waals surface area contributed by atoms with Gasteiger partial charge in [0.2, 0.25) is 0 Å². The molecule has 0 saturated carbocycles. The van der Waals surface area contributed by atoms with Crippen LogP contribution in [0.4, 0.5) is 0 Å². The van der Waals surface area contributed by atoms with Crippen molar-refractivity contribution < 1.29 is 56.8 Å². The van der Waals surface area contributed by atoms with E-state index in [2.05, 4.69) is 26.0 Å². The highest BCUT2D eigenvalue weighted by atomic mass is 32.2. The Kier molecular flexibility index (Phi) is 26.6. The molecule has 0 aromatic carbocycles. The molecule has 294 valence electrons. The molecule has 1 heterocycles. The van der Waals surface area contributed by atoms with Gasteiger partial charge in [0.15, 0.2) is 12.4 Å². The van der Waals surface area contributed by atoms with Crippen LogP contribution in [0.25, 0.3) is 0 Å². The van der Waals surface area contributed by atoms with Gasteiger partial charge in [0.25, 0.3) is 10.1 Å². The first-order valence-electron chi connectivity index (χ1n) is 18.7. The fourth-order valence-corrected chi connectivity index (χ4v) is 6.02. The molecule has 0 spiro atoms. The predicted molar refractivity (Wildman–Crippen MR) is 196 cm³/mol. The molecule has 51 heavy (non-hydrogen) atoms. The third-order valence-electron chi connectivity index (χ3n) is 8.27. The lowest BCUT2D eigenvalue weighted by atomic mass is 10.00. The Morgan fingerprint density at radius 2 is 1.24 bits per heavy atom.